The minimum Gasteiger partial charge on any atom is -0.0995 e. The average Bonchev–Trinajstić information content (AvgIpc) is 2.83. The molecule has 0 saturated heterocycles. The van der Waals surface area contributed by atoms with Crippen LogP contribution in [0, 0.1) is 34.5 Å². The molecule has 0 spiro atoms. The first-order valence-corrected chi connectivity index (χ1v) is 15.5. The van der Waals surface area contributed by atoms with Gasteiger partial charge in [0, 0.05) is 10.8 Å². The van der Waals surface area contributed by atoms with Crippen LogP contribution < -0.4 is 0 Å². The van der Waals surface area contributed by atoms with Gasteiger partial charge < -0.3 is 0 Å². The molecule has 5 atom stereocenters. The lowest BCUT2D eigenvalue weighted by atomic mass is 9.37. The summed E-state index contributed by atoms with van der Waals surface area (Å²) in [6.07, 6.45) is 4.27. The van der Waals surface area contributed by atoms with Crippen LogP contribution in [0.4, 0.5) is 0 Å². The minimum atomic E-state index is -0.151. The number of benzene rings is 1. The Balaban J connectivity index is 1.90. The quantitative estimate of drug-likeness (QED) is 0.328. The molecular weight excluding hydrogens is 480 g/mol. The van der Waals surface area contributed by atoms with E-state index in [0.717, 1.165) is 24.8 Å². The van der Waals surface area contributed by atoms with Crippen molar-refractivity contribution in [2.45, 2.75) is 115 Å². The second-order valence-corrected chi connectivity index (χ2v) is 15.6. The zero-order valence-corrected chi connectivity index (χ0v) is 28.0. The van der Waals surface area contributed by atoms with E-state index in [9.17, 15) is 0 Å². The van der Waals surface area contributed by atoms with Gasteiger partial charge in [0.15, 0.2) is 0 Å². The van der Waals surface area contributed by atoms with Crippen LogP contribution in [0.25, 0.3) is 5.57 Å². The predicted molar refractivity (Wildman–Crippen MR) is 178 cm³/mol. The van der Waals surface area contributed by atoms with Gasteiger partial charge >= 0.3 is 0 Å². The number of allylic oxidation sites excluding steroid dienone is 8. The molecule has 0 unspecified atom stereocenters. The van der Waals surface area contributed by atoms with Gasteiger partial charge in [0.1, 0.15) is 0 Å². The van der Waals surface area contributed by atoms with Crippen molar-refractivity contribution in [1.82, 2.24) is 0 Å². The van der Waals surface area contributed by atoms with Gasteiger partial charge in [-0.1, -0.05) is 116 Å². The first-order valence-electron chi connectivity index (χ1n) is 15.5. The van der Waals surface area contributed by atoms with Crippen LogP contribution >= 0.6 is 0 Å². The molecule has 0 aliphatic heterocycles. The van der Waals surface area contributed by atoms with Gasteiger partial charge in [-0.2, -0.15) is 0 Å². The fourth-order valence-corrected chi connectivity index (χ4v) is 9.29. The second kappa shape index (κ2) is 9.61. The summed E-state index contributed by atoms with van der Waals surface area (Å²) in [5.41, 5.74) is 16.5. The highest BCUT2D eigenvalue weighted by atomic mass is 14.7. The minimum absolute atomic E-state index is 0.00598. The van der Waals surface area contributed by atoms with E-state index in [2.05, 4.69) is 108 Å². The van der Waals surface area contributed by atoms with E-state index in [1.807, 2.05) is 0 Å². The molecule has 0 nitrogen and oxygen atoms in total. The maximum atomic E-state index is 4.90. The molecule has 1 aromatic rings. The van der Waals surface area contributed by atoms with Gasteiger partial charge in [0.25, 0.3) is 0 Å². The van der Waals surface area contributed by atoms with E-state index >= 15 is 0 Å². The molecule has 40 heavy (non-hydrogen) atoms. The Morgan fingerprint density at radius 3 is 2.15 bits per heavy atom. The topological polar surface area (TPSA) is 0 Å². The highest BCUT2D eigenvalue weighted by molar-refractivity contribution is 5.88. The van der Waals surface area contributed by atoms with Crippen molar-refractivity contribution < 1.29 is 0 Å². The third-order valence-electron chi connectivity index (χ3n) is 12.3. The van der Waals surface area contributed by atoms with E-state index in [0.29, 0.717) is 17.3 Å². The zero-order valence-electron chi connectivity index (χ0n) is 28.0. The SMILES string of the molecule is C=C(CCC(C)(C)C)Cc1ccc2c(c1C)C(=C)C1=C(C)[C@@]3(C)C(=C)C(C(=C)C)=C(C)C[C@@]3(C)[C@H](C)[C@@]1(C)[C@@H]2C. The Morgan fingerprint density at radius 1 is 1.00 bits per heavy atom. The van der Waals surface area contributed by atoms with Crippen LogP contribution in [0.2, 0.25) is 0 Å². The highest BCUT2D eigenvalue weighted by Crippen LogP contribution is 2.74. The second-order valence-electron chi connectivity index (χ2n) is 15.6. The normalized spacial score (nSPS) is 32.1. The monoisotopic (exact) mass is 536 g/mol. The van der Waals surface area contributed by atoms with E-state index in [-0.39, 0.29) is 16.2 Å². The van der Waals surface area contributed by atoms with Crippen molar-refractivity contribution in [2.75, 3.05) is 0 Å². The molecule has 0 bridgehead atoms. The van der Waals surface area contributed by atoms with Crippen LogP contribution in [0.3, 0.4) is 0 Å². The van der Waals surface area contributed by atoms with Crippen molar-refractivity contribution >= 4 is 5.57 Å². The predicted octanol–water partition coefficient (Wildman–Crippen LogP) is 11.9. The molecule has 0 saturated carbocycles. The van der Waals surface area contributed by atoms with Gasteiger partial charge in [-0.05, 0) is 121 Å². The first-order chi connectivity index (χ1) is 18.2. The number of hydrogen-bond acceptors (Lipinski definition) is 0. The third-order valence-corrected chi connectivity index (χ3v) is 12.3. The lowest BCUT2D eigenvalue weighted by Crippen LogP contribution is -2.58. The Labute approximate surface area is 247 Å². The largest absolute Gasteiger partial charge is 0.0995 e. The molecule has 4 rings (SSSR count). The Hall–Kier alpha value is -2.34. The lowest BCUT2D eigenvalue weighted by molar-refractivity contribution is -0.0260. The summed E-state index contributed by atoms with van der Waals surface area (Å²) in [7, 11) is 0. The molecular formula is C40H56. The van der Waals surface area contributed by atoms with Crippen molar-refractivity contribution in [1.29, 1.82) is 0 Å². The summed E-state index contributed by atoms with van der Waals surface area (Å²) in [4.78, 5) is 0. The van der Waals surface area contributed by atoms with Gasteiger partial charge in [-0.15, -0.1) is 0 Å². The van der Waals surface area contributed by atoms with Crippen molar-refractivity contribution in [3.05, 3.63) is 99.7 Å². The summed E-state index contributed by atoms with van der Waals surface area (Å²) < 4.78 is 0. The maximum absolute atomic E-state index is 4.90. The van der Waals surface area contributed by atoms with Crippen molar-refractivity contribution in [2.24, 2.45) is 27.6 Å². The molecule has 1 aromatic carbocycles. The number of rotatable bonds is 5. The number of hydrogen-bond donors (Lipinski definition) is 0. The van der Waals surface area contributed by atoms with E-state index in [1.165, 1.54) is 67.7 Å². The smallest absolute Gasteiger partial charge is 0.0196 e. The van der Waals surface area contributed by atoms with Crippen LogP contribution in [-0.2, 0) is 6.42 Å². The zero-order chi connectivity index (χ0) is 30.3. The maximum Gasteiger partial charge on any atom is 0.0196 e. The van der Waals surface area contributed by atoms with Crippen LogP contribution in [-0.4, -0.2) is 0 Å². The Bertz CT molecular complexity index is 1390. The number of fused-ring (bicyclic) bond motifs is 3. The van der Waals surface area contributed by atoms with Crippen LogP contribution in [0.5, 0.6) is 0 Å². The fraction of sp³-hybridized carbons (Fsp3) is 0.550. The molecule has 0 radical (unpaired) electrons. The van der Waals surface area contributed by atoms with Gasteiger partial charge in [-0.25, -0.2) is 0 Å². The molecule has 3 aliphatic carbocycles. The summed E-state index contributed by atoms with van der Waals surface area (Å²) >= 11 is 0. The Kier molecular flexibility index (Phi) is 7.35. The van der Waals surface area contributed by atoms with Gasteiger partial charge in [-0.3, -0.25) is 0 Å². The molecule has 0 heteroatoms. The molecule has 0 aromatic heterocycles. The fourth-order valence-electron chi connectivity index (χ4n) is 9.29. The third kappa shape index (κ3) is 4.06. The summed E-state index contributed by atoms with van der Waals surface area (Å²) in [6, 6.07) is 4.81. The molecule has 0 amide bonds. The van der Waals surface area contributed by atoms with Crippen molar-refractivity contribution in [3.8, 4) is 0 Å². The molecule has 3 aliphatic rings. The van der Waals surface area contributed by atoms with Crippen LogP contribution in [0.15, 0.2) is 77.5 Å². The van der Waals surface area contributed by atoms with E-state index in [1.54, 1.807) is 0 Å². The molecule has 0 fully saturated rings. The summed E-state index contributed by atoms with van der Waals surface area (Å²) in [5.74, 6) is 0.838. The van der Waals surface area contributed by atoms with E-state index < -0.39 is 0 Å². The first kappa shape index (κ1) is 30.6. The highest BCUT2D eigenvalue weighted by Gasteiger charge is 2.64. The van der Waals surface area contributed by atoms with Crippen LogP contribution in [0.1, 0.15) is 124 Å². The molecule has 216 valence electrons. The molecule has 0 N–H and O–H groups in total. The van der Waals surface area contributed by atoms with E-state index in [4.69, 9.17) is 13.2 Å². The molecule has 0 heterocycles. The van der Waals surface area contributed by atoms with Crippen molar-refractivity contribution in [3.63, 3.8) is 0 Å². The standard InChI is InChI=1S/C40H56/c1-23(2)34-25(4)22-38(14)31(10)39(15)28(7)33-18-17-32(21-24(3)19-20-37(11,12)13)26(5)35(33)27(6)36(39)30(9)40(38,16)29(34)8/h17-18,28,31H,1,3,6,8,19-22H2,2,4-5,7,9-16H3/t28-,31+,38+,39-,40-/m1/s1. The lowest BCUT2D eigenvalue weighted by Gasteiger charge is -2.67. The summed E-state index contributed by atoms with van der Waals surface area (Å²) in [5, 5.41) is 0. The average molecular weight is 537 g/mol. The Morgan fingerprint density at radius 2 is 1.60 bits per heavy atom. The summed E-state index contributed by atoms with van der Waals surface area (Å²) in [6.45, 7) is 47.2. The van der Waals surface area contributed by atoms with Gasteiger partial charge in [0.05, 0.1) is 0 Å². The van der Waals surface area contributed by atoms with Gasteiger partial charge in [0.2, 0.25) is 0 Å².